The van der Waals surface area contributed by atoms with E-state index in [1.54, 1.807) is 0 Å². The molecular formula is C7H5F3N2O3. The van der Waals surface area contributed by atoms with Crippen molar-refractivity contribution in [2.24, 2.45) is 0 Å². The van der Waals surface area contributed by atoms with E-state index >= 15 is 0 Å². The summed E-state index contributed by atoms with van der Waals surface area (Å²) in [5, 5.41) is 21.2. The first-order valence-electron chi connectivity index (χ1n) is 3.69. The Kier molecular flexibility index (Phi) is 2.52. The van der Waals surface area contributed by atoms with E-state index in [0.717, 1.165) is 13.0 Å². The van der Waals surface area contributed by atoms with Crippen LogP contribution < -0.4 is 4.73 Å². The summed E-state index contributed by atoms with van der Waals surface area (Å²) in [6, 6.07) is 0.988. The molecule has 0 saturated heterocycles. The molecule has 0 fully saturated rings. The molecule has 0 aliphatic carbocycles. The molecule has 0 radical (unpaired) electrons. The lowest BCUT2D eigenvalue weighted by atomic mass is 10.2. The minimum absolute atomic E-state index is 0.208. The minimum Gasteiger partial charge on any atom is -0.618 e. The molecule has 1 aromatic heterocycles. The maximum atomic E-state index is 12.2. The van der Waals surface area contributed by atoms with Gasteiger partial charge in [0.1, 0.15) is 0 Å². The van der Waals surface area contributed by atoms with Crippen LogP contribution in [0.1, 0.15) is 11.4 Å². The Balaban J connectivity index is 3.45. The van der Waals surface area contributed by atoms with Crippen LogP contribution in [0.15, 0.2) is 12.1 Å². The van der Waals surface area contributed by atoms with Crippen LogP contribution in [0.25, 0.3) is 0 Å². The Labute approximate surface area is 81.5 Å². The van der Waals surface area contributed by atoms with Crippen LogP contribution in [0.4, 0.5) is 18.9 Å². The highest BCUT2D eigenvalue weighted by Crippen LogP contribution is 2.29. The van der Waals surface area contributed by atoms with E-state index in [1.807, 2.05) is 0 Å². The lowest BCUT2D eigenvalue weighted by Crippen LogP contribution is -2.39. The number of nitrogens with zero attached hydrogens (tertiary/aromatic N) is 2. The van der Waals surface area contributed by atoms with Crippen molar-refractivity contribution in [3.05, 3.63) is 38.8 Å². The Morgan fingerprint density at radius 1 is 1.40 bits per heavy atom. The molecule has 0 spiro atoms. The van der Waals surface area contributed by atoms with Gasteiger partial charge in [-0.25, -0.2) is 0 Å². The van der Waals surface area contributed by atoms with Gasteiger partial charge in [-0.15, -0.1) is 0 Å². The van der Waals surface area contributed by atoms with Gasteiger partial charge in [0.15, 0.2) is 5.69 Å². The van der Waals surface area contributed by atoms with Crippen molar-refractivity contribution in [1.82, 2.24) is 0 Å². The molecule has 1 heterocycles. The largest absolute Gasteiger partial charge is 0.618 e. The van der Waals surface area contributed by atoms with E-state index in [1.165, 1.54) is 0 Å². The number of rotatable bonds is 1. The van der Waals surface area contributed by atoms with Crippen LogP contribution in [0.3, 0.4) is 0 Å². The number of halogens is 3. The van der Waals surface area contributed by atoms with Crippen molar-refractivity contribution in [1.29, 1.82) is 0 Å². The lowest BCUT2D eigenvalue weighted by Gasteiger charge is -2.08. The third-order valence-corrected chi connectivity index (χ3v) is 1.68. The zero-order valence-electron chi connectivity index (χ0n) is 7.41. The number of hydrogen-bond acceptors (Lipinski definition) is 3. The molecule has 0 aromatic carbocycles. The molecule has 0 N–H and O–H groups in total. The van der Waals surface area contributed by atoms with Gasteiger partial charge >= 0.3 is 11.9 Å². The fourth-order valence-electron chi connectivity index (χ4n) is 1.01. The third kappa shape index (κ3) is 2.14. The number of hydrogen-bond donors (Lipinski definition) is 0. The number of pyridine rings is 1. The average Bonchev–Trinajstić information content (AvgIpc) is 2.06. The van der Waals surface area contributed by atoms with Crippen molar-refractivity contribution in [3.63, 3.8) is 0 Å². The summed E-state index contributed by atoms with van der Waals surface area (Å²) in [7, 11) is 0. The molecule has 0 bridgehead atoms. The normalized spacial score (nSPS) is 11.5. The fraction of sp³-hybridized carbons (Fsp3) is 0.286. The van der Waals surface area contributed by atoms with Gasteiger partial charge < -0.3 is 5.21 Å². The smallest absolute Gasteiger partial charge is 0.479 e. The van der Waals surface area contributed by atoms with Crippen LogP contribution >= 0.6 is 0 Å². The van der Waals surface area contributed by atoms with Crippen LogP contribution in [0.2, 0.25) is 0 Å². The second-order valence-corrected chi connectivity index (χ2v) is 2.79. The van der Waals surface area contributed by atoms with Crippen LogP contribution in [-0.4, -0.2) is 4.92 Å². The second kappa shape index (κ2) is 3.37. The van der Waals surface area contributed by atoms with Crippen molar-refractivity contribution in [3.8, 4) is 0 Å². The molecule has 0 aliphatic heterocycles. The van der Waals surface area contributed by atoms with Crippen molar-refractivity contribution >= 4 is 5.69 Å². The zero-order valence-corrected chi connectivity index (χ0v) is 7.41. The molecule has 15 heavy (non-hydrogen) atoms. The van der Waals surface area contributed by atoms with Gasteiger partial charge in [-0.2, -0.15) is 17.9 Å². The van der Waals surface area contributed by atoms with Crippen LogP contribution in [0.5, 0.6) is 0 Å². The van der Waals surface area contributed by atoms with Crippen LogP contribution in [0, 0.1) is 22.2 Å². The van der Waals surface area contributed by atoms with Crippen LogP contribution in [-0.2, 0) is 6.18 Å². The second-order valence-electron chi connectivity index (χ2n) is 2.79. The molecule has 8 heteroatoms. The Morgan fingerprint density at radius 3 is 2.33 bits per heavy atom. The first kappa shape index (κ1) is 11.2. The quantitative estimate of drug-likeness (QED) is 0.313. The Morgan fingerprint density at radius 2 is 1.93 bits per heavy atom. The highest BCUT2D eigenvalue weighted by atomic mass is 19.4. The van der Waals surface area contributed by atoms with Gasteiger partial charge in [-0.1, -0.05) is 0 Å². The molecule has 5 nitrogen and oxygen atoms in total. The topological polar surface area (TPSA) is 70.1 Å². The van der Waals surface area contributed by atoms with Gasteiger partial charge in [0.05, 0.1) is 17.1 Å². The molecule has 1 rings (SSSR count). The molecule has 82 valence electrons. The predicted octanol–water partition coefficient (Wildman–Crippen LogP) is 1.56. The highest BCUT2D eigenvalue weighted by Gasteiger charge is 2.42. The number of nitro groups is 1. The zero-order chi connectivity index (χ0) is 11.8. The molecule has 1 aromatic rings. The van der Waals surface area contributed by atoms with E-state index in [0.29, 0.717) is 0 Å². The lowest BCUT2D eigenvalue weighted by molar-refractivity contribution is -0.636. The summed E-state index contributed by atoms with van der Waals surface area (Å²) >= 11 is 0. The minimum atomic E-state index is -4.90. The maximum Gasteiger partial charge on any atom is 0.479 e. The van der Waals surface area contributed by atoms with E-state index < -0.39 is 22.5 Å². The highest BCUT2D eigenvalue weighted by molar-refractivity contribution is 5.31. The van der Waals surface area contributed by atoms with Crippen molar-refractivity contribution < 1.29 is 22.8 Å². The monoisotopic (exact) mass is 222 g/mol. The molecular weight excluding hydrogens is 217 g/mol. The first-order chi connectivity index (χ1) is 6.73. The van der Waals surface area contributed by atoms with E-state index in [4.69, 9.17) is 0 Å². The van der Waals surface area contributed by atoms with Gasteiger partial charge in [0.25, 0.3) is 5.69 Å². The maximum absolute atomic E-state index is 12.2. The van der Waals surface area contributed by atoms with E-state index in [9.17, 15) is 28.5 Å². The molecule has 0 amide bonds. The van der Waals surface area contributed by atoms with Gasteiger partial charge in [0.2, 0.25) is 0 Å². The summed E-state index contributed by atoms with van der Waals surface area (Å²) in [6.07, 6.45) is -4.90. The SMILES string of the molecule is Cc1cc([N+](=O)[O-])cc(C(F)(F)F)[n+]1[O-]. The van der Waals surface area contributed by atoms with Crippen molar-refractivity contribution in [2.75, 3.05) is 0 Å². The van der Waals surface area contributed by atoms with Crippen molar-refractivity contribution in [2.45, 2.75) is 13.1 Å². The summed E-state index contributed by atoms with van der Waals surface area (Å²) in [5.41, 5.74) is -2.72. The summed E-state index contributed by atoms with van der Waals surface area (Å²) in [6.45, 7) is 1.06. The van der Waals surface area contributed by atoms with Gasteiger partial charge in [-0.3, -0.25) is 10.1 Å². The third-order valence-electron chi connectivity index (χ3n) is 1.68. The molecule has 0 saturated carbocycles. The molecule has 0 aliphatic rings. The summed E-state index contributed by atoms with van der Waals surface area (Å²) in [4.78, 5) is 9.29. The average molecular weight is 222 g/mol. The standard InChI is InChI=1S/C7H5F3N2O3/c1-4-2-5(12(14)15)3-6(11(4)13)7(8,9)10/h2-3H,1H3. The number of aromatic nitrogens is 1. The summed E-state index contributed by atoms with van der Waals surface area (Å²) in [5.74, 6) is 0. The summed E-state index contributed by atoms with van der Waals surface area (Å²) < 4.78 is 36.3. The van der Waals surface area contributed by atoms with E-state index in [-0.39, 0.29) is 16.5 Å². The fourth-order valence-corrected chi connectivity index (χ4v) is 1.01. The predicted molar refractivity (Wildman–Crippen MR) is 41.8 cm³/mol. The Bertz CT molecular complexity index is 417. The first-order valence-corrected chi connectivity index (χ1v) is 3.69. The van der Waals surface area contributed by atoms with Gasteiger partial charge in [-0.05, 0) is 0 Å². The number of aryl methyl sites for hydroxylation is 1. The Hall–Kier alpha value is -1.86. The number of alkyl halides is 3. The molecule has 0 unspecified atom stereocenters. The molecule has 0 atom stereocenters. The van der Waals surface area contributed by atoms with Gasteiger partial charge in [0, 0.05) is 6.92 Å². The van der Waals surface area contributed by atoms with E-state index in [2.05, 4.69) is 0 Å².